The van der Waals surface area contributed by atoms with Crippen LogP contribution in [0.2, 0.25) is 0 Å². The number of carboxylic acid groups (broad SMARTS) is 1. The number of alkyl halides is 6. The molecule has 118 valence electrons. The van der Waals surface area contributed by atoms with Crippen molar-refractivity contribution in [1.29, 1.82) is 0 Å². The summed E-state index contributed by atoms with van der Waals surface area (Å²) in [7, 11) is 0. The highest BCUT2D eigenvalue weighted by Gasteiger charge is 2.71. The van der Waals surface area contributed by atoms with Crippen LogP contribution < -0.4 is 0 Å². The van der Waals surface area contributed by atoms with Crippen LogP contribution in [0.1, 0.15) is 27.0 Å². The van der Waals surface area contributed by atoms with E-state index in [1.54, 1.807) is 0 Å². The molecule has 9 heteroatoms. The molecule has 0 aromatic heterocycles. The number of aromatic carboxylic acids is 1. The lowest BCUT2D eigenvalue weighted by Crippen LogP contribution is -2.54. The summed E-state index contributed by atoms with van der Waals surface area (Å²) < 4.78 is 76.6. The zero-order chi connectivity index (χ0) is 16.8. The second-order valence-electron chi connectivity index (χ2n) is 4.49. The van der Waals surface area contributed by atoms with Crippen molar-refractivity contribution >= 4 is 5.97 Å². The molecular formula is C12H10F6O3. The van der Waals surface area contributed by atoms with Crippen LogP contribution in [0.5, 0.6) is 0 Å². The Bertz CT molecular complexity index is 560. The van der Waals surface area contributed by atoms with E-state index in [9.17, 15) is 36.2 Å². The first kappa shape index (κ1) is 17.3. The van der Waals surface area contributed by atoms with Crippen LogP contribution in [0.15, 0.2) is 12.1 Å². The van der Waals surface area contributed by atoms with Crippen molar-refractivity contribution in [1.82, 2.24) is 0 Å². The summed E-state index contributed by atoms with van der Waals surface area (Å²) in [4.78, 5) is 10.8. The highest BCUT2D eigenvalue weighted by Crippen LogP contribution is 2.51. The Morgan fingerprint density at radius 1 is 0.952 bits per heavy atom. The molecule has 0 saturated carbocycles. The molecule has 0 aliphatic heterocycles. The molecule has 0 saturated heterocycles. The standard InChI is InChI=1S/C12H10F6O3/c1-5-4-8(6(2)3-7(5)9(19)20)10(21,11(13,14)15)12(16,17)18/h3-4,21H,1-2H3,(H,19,20). The topological polar surface area (TPSA) is 57.5 Å². The predicted molar refractivity (Wildman–Crippen MR) is 58.9 cm³/mol. The Hall–Kier alpha value is -1.77. The van der Waals surface area contributed by atoms with Gasteiger partial charge in [-0.3, -0.25) is 0 Å². The van der Waals surface area contributed by atoms with Crippen LogP contribution in [0, 0.1) is 13.8 Å². The normalized spacial score (nSPS) is 13.4. The average molecular weight is 316 g/mol. The molecule has 0 atom stereocenters. The zero-order valence-corrected chi connectivity index (χ0v) is 10.7. The molecule has 0 fully saturated rings. The Kier molecular flexibility index (Phi) is 4.03. The van der Waals surface area contributed by atoms with Gasteiger partial charge in [-0.25, -0.2) is 4.79 Å². The summed E-state index contributed by atoms with van der Waals surface area (Å²) in [6.45, 7) is 1.91. The molecule has 0 bridgehead atoms. The van der Waals surface area contributed by atoms with E-state index in [2.05, 4.69) is 0 Å². The molecule has 0 amide bonds. The summed E-state index contributed by atoms with van der Waals surface area (Å²) in [6.07, 6.45) is -12.0. The van der Waals surface area contributed by atoms with Gasteiger partial charge in [-0.2, -0.15) is 26.3 Å². The Morgan fingerprint density at radius 3 is 1.71 bits per heavy atom. The van der Waals surface area contributed by atoms with Crippen LogP contribution in [0.4, 0.5) is 26.3 Å². The summed E-state index contributed by atoms with van der Waals surface area (Å²) in [5.74, 6) is -1.50. The molecule has 0 aliphatic rings. The van der Waals surface area contributed by atoms with Gasteiger partial charge in [0.15, 0.2) is 0 Å². The average Bonchev–Trinajstić information content (AvgIpc) is 2.27. The SMILES string of the molecule is Cc1cc(C(O)(C(F)(F)F)C(F)(F)F)c(C)cc1C(=O)O. The number of carboxylic acids is 1. The fourth-order valence-corrected chi connectivity index (χ4v) is 1.90. The molecule has 1 aromatic rings. The van der Waals surface area contributed by atoms with Crippen molar-refractivity contribution < 1.29 is 41.4 Å². The fourth-order valence-electron chi connectivity index (χ4n) is 1.90. The number of aliphatic hydroxyl groups is 1. The molecule has 0 radical (unpaired) electrons. The first-order valence-electron chi connectivity index (χ1n) is 5.44. The van der Waals surface area contributed by atoms with Gasteiger partial charge in [-0.1, -0.05) is 6.07 Å². The molecule has 2 N–H and O–H groups in total. The highest BCUT2D eigenvalue weighted by molar-refractivity contribution is 5.89. The van der Waals surface area contributed by atoms with Crippen molar-refractivity contribution in [2.24, 2.45) is 0 Å². The van der Waals surface area contributed by atoms with Gasteiger partial charge in [0.2, 0.25) is 0 Å². The Morgan fingerprint density at radius 2 is 1.38 bits per heavy atom. The number of carbonyl (C=O) groups is 1. The minimum atomic E-state index is -6.01. The highest BCUT2D eigenvalue weighted by atomic mass is 19.4. The van der Waals surface area contributed by atoms with Gasteiger partial charge in [0.1, 0.15) is 0 Å². The predicted octanol–water partition coefficient (Wildman–Crippen LogP) is 3.31. The lowest BCUT2D eigenvalue weighted by atomic mass is 9.86. The molecule has 1 aromatic carbocycles. The third-order valence-corrected chi connectivity index (χ3v) is 3.01. The van der Waals surface area contributed by atoms with Gasteiger partial charge in [0.05, 0.1) is 5.56 Å². The zero-order valence-electron chi connectivity index (χ0n) is 10.7. The van der Waals surface area contributed by atoms with Gasteiger partial charge in [-0.05, 0) is 31.0 Å². The van der Waals surface area contributed by atoms with E-state index < -0.39 is 40.6 Å². The quantitative estimate of drug-likeness (QED) is 0.823. The number of halogens is 6. The lowest BCUT2D eigenvalue weighted by molar-refractivity contribution is -0.376. The third kappa shape index (κ3) is 2.69. The number of hydrogen-bond donors (Lipinski definition) is 2. The number of rotatable bonds is 2. The number of hydrogen-bond acceptors (Lipinski definition) is 2. The van der Waals surface area contributed by atoms with Crippen LogP contribution in [0.3, 0.4) is 0 Å². The van der Waals surface area contributed by atoms with E-state index >= 15 is 0 Å². The minimum absolute atomic E-state index is 0.324. The van der Waals surface area contributed by atoms with Gasteiger partial charge in [0, 0.05) is 5.56 Å². The second kappa shape index (κ2) is 4.90. The molecular weight excluding hydrogens is 306 g/mol. The summed E-state index contributed by atoms with van der Waals surface area (Å²) in [6, 6.07) is 1.05. The minimum Gasteiger partial charge on any atom is -0.478 e. The first-order chi connectivity index (χ1) is 9.23. The summed E-state index contributed by atoms with van der Waals surface area (Å²) >= 11 is 0. The molecule has 1 rings (SSSR count). The van der Waals surface area contributed by atoms with E-state index in [4.69, 9.17) is 5.11 Å². The first-order valence-corrected chi connectivity index (χ1v) is 5.44. The molecule has 0 heterocycles. The smallest absolute Gasteiger partial charge is 0.430 e. The fraction of sp³-hybridized carbons (Fsp3) is 0.417. The van der Waals surface area contributed by atoms with Crippen LogP contribution in [0.25, 0.3) is 0 Å². The molecule has 3 nitrogen and oxygen atoms in total. The Balaban J connectivity index is 3.71. The van der Waals surface area contributed by atoms with Crippen LogP contribution in [-0.2, 0) is 5.60 Å². The van der Waals surface area contributed by atoms with Gasteiger partial charge >= 0.3 is 18.3 Å². The van der Waals surface area contributed by atoms with Gasteiger partial charge in [-0.15, -0.1) is 0 Å². The molecule has 0 spiro atoms. The van der Waals surface area contributed by atoms with Crippen molar-refractivity contribution in [2.75, 3.05) is 0 Å². The van der Waals surface area contributed by atoms with E-state index in [1.807, 2.05) is 0 Å². The maximum Gasteiger partial charge on any atom is 0.430 e. The van der Waals surface area contributed by atoms with Crippen LogP contribution in [-0.4, -0.2) is 28.5 Å². The van der Waals surface area contributed by atoms with E-state index in [-0.39, 0.29) is 5.56 Å². The molecule has 0 aliphatic carbocycles. The van der Waals surface area contributed by atoms with Gasteiger partial charge < -0.3 is 10.2 Å². The maximum atomic E-state index is 12.8. The van der Waals surface area contributed by atoms with E-state index in [1.165, 1.54) is 0 Å². The largest absolute Gasteiger partial charge is 0.478 e. The van der Waals surface area contributed by atoms with Crippen molar-refractivity contribution in [3.8, 4) is 0 Å². The van der Waals surface area contributed by atoms with Gasteiger partial charge in [0.25, 0.3) is 5.60 Å². The summed E-state index contributed by atoms with van der Waals surface area (Å²) in [5, 5.41) is 18.1. The second-order valence-corrected chi connectivity index (χ2v) is 4.49. The number of benzene rings is 1. The van der Waals surface area contributed by atoms with E-state index in [0.717, 1.165) is 13.8 Å². The lowest BCUT2D eigenvalue weighted by Gasteiger charge is -2.34. The molecule has 21 heavy (non-hydrogen) atoms. The van der Waals surface area contributed by atoms with Crippen molar-refractivity contribution in [3.63, 3.8) is 0 Å². The van der Waals surface area contributed by atoms with Crippen LogP contribution >= 0.6 is 0 Å². The number of aryl methyl sites for hydroxylation is 2. The summed E-state index contributed by atoms with van der Waals surface area (Å²) in [5.41, 5.74) is -7.90. The third-order valence-electron chi connectivity index (χ3n) is 3.01. The van der Waals surface area contributed by atoms with Crippen molar-refractivity contribution in [2.45, 2.75) is 31.8 Å². The Labute approximate surface area is 114 Å². The molecule has 0 unspecified atom stereocenters. The monoisotopic (exact) mass is 316 g/mol. The van der Waals surface area contributed by atoms with Crippen molar-refractivity contribution in [3.05, 3.63) is 34.4 Å². The van der Waals surface area contributed by atoms with E-state index in [0.29, 0.717) is 12.1 Å². The maximum absolute atomic E-state index is 12.8.